The van der Waals surface area contributed by atoms with Gasteiger partial charge in [-0.25, -0.2) is 4.79 Å². The summed E-state index contributed by atoms with van der Waals surface area (Å²) in [5, 5.41) is 0. The fraction of sp³-hybridized carbons (Fsp3) is 0.250. The van der Waals surface area contributed by atoms with Crippen LogP contribution in [0.1, 0.15) is 6.92 Å². The molecule has 0 unspecified atom stereocenters. The van der Waals surface area contributed by atoms with E-state index in [2.05, 4.69) is 6.58 Å². The fourth-order valence-electron chi connectivity index (χ4n) is 0. The summed E-state index contributed by atoms with van der Waals surface area (Å²) in [5.74, 6) is 1.25. The van der Waals surface area contributed by atoms with Gasteiger partial charge in [-0.15, -0.1) is 0 Å². The molecule has 0 radical (unpaired) electrons. The average molecular weight is 86.1 g/mol. The lowest BCUT2D eigenvalue weighted by atomic mass is 11.0. The van der Waals surface area contributed by atoms with Crippen molar-refractivity contribution in [2.24, 2.45) is 0 Å². The topological polar surface area (TPSA) is 34.1 Å². The van der Waals surface area contributed by atoms with Crippen molar-refractivity contribution in [3.05, 3.63) is 6.58 Å². The van der Waals surface area contributed by atoms with E-state index < -0.39 is 0 Å². The monoisotopic (exact) mass is 86.0 g/mol. The van der Waals surface area contributed by atoms with Crippen molar-refractivity contribution in [2.45, 2.75) is 6.92 Å². The first-order valence-corrected chi connectivity index (χ1v) is 1.37. The lowest BCUT2D eigenvalue weighted by molar-refractivity contribution is -0.106. The third kappa shape index (κ3) is 18.1. The maximum Gasteiger partial charge on any atom is 0.116 e. The number of carbonyl (C=O) groups excluding carboxylic acids is 2. The van der Waals surface area contributed by atoms with Crippen molar-refractivity contribution in [3.63, 3.8) is 0 Å². The van der Waals surface area contributed by atoms with Crippen LogP contribution in [0.2, 0.25) is 0 Å². The predicted molar refractivity (Wildman–Crippen MR) is 23.1 cm³/mol. The Bertz CT molecular complexity index is 50.6. The number of hydrogen-bond donors (Lipinski definition) is 0. The molecule has 0 rings (SSSR count). The van der Waals surface area contributed by atoms with Crippen LogP contribution >= 0.6 is 0 Å². The van der Waals surface area contributed by atoms with Crippen LogP contribution in [0, 0.1) is 0 Å². The quantitative estimate of drug-likeness (QED) is 0.312. The minimum absolute atomic E-state index is 0.750. The largest absolute Gasteiger partial charge is 0.304 e. The van der Waals surface area contributed by atoms with E-state index in [9.17, 15) is 0 Å². The van der Waals surface area contributed by atoms with Crippen LogP contribution in [-0.2, 0) is 9.59 Å². The molecule has 0 aliphatic heterocycles. The minimum atomic E-state index is 0.750. The molecular weight excluding hydrogens is 80.0 g/mol. The second-order valence-corrected chi connectivity index (χ2v) is 0.380. The van der Waals surface area contributed by atoms with Crippen LogP contribution in [-0.4, -0.2) is 12.2 Å². The average Bonchev–Trinajstić information content (AvgIpc) is 1.39. The molecule has 0 atom stereocenters. The molecule has 0 saturated heterocycles. The van der Waals surface area contributed by atoms with Crippen LogP contribution in [0.5, 0.6) is 0 Å². The Morgan fingerprint density at radius 2 is 1.83 bits per heavy atom. The maximum absolute atomic E-state index is 8.81. The molecule has 0 fully saturated rings. The van der Waals surface area contributed by atoms with Gasteiger partial charge in [-0.2, -0.15) is 0 Å². The molecule has 0 heterocycles. The van der Waals surface area contributed by atoms with E-state index in [1.165, 1.54) is 12.9 Å². The second-order valence-electron chi connectivity index (χ2n) is 0.380. The molecule has 0 spiro atoms. The summed E-state index contributed by atoms with van der Waals surface area (Å²) in [5.41, 5.74) is 0. The smallest absolute Gasteiger partial charge is 0.116 e. The fourth-order valence-corrected chi connectivity index (χ4v) is 0. The third-order valence-electron chi connectivity index (χ3n) is 0. The number of carbonyl (C=O) groups is 1. The molecule has 0 N–H and O–H groups in total. The summed E-state index contributed by atoms with van der Waals surface area (Å²) in [6.45, 7) is 4.12. The van der Waals surface area contributed by atoms with Crippen LogP contribution in [0.4, 0.5) is 0 Å². The van der Waals surface area contributed by atoms with Gasteiger partial charge in [0.2, 0.25) is 0 Å². The van der Waals surface area contributed by atoms with Gasteiger partial charge in [0.05, 0.1) is 0 Å². The Kier molecular flexibility index (Phi) is 47.6. The van der Waals surface area contributed by atoms with E-state index in [1.807, 2.05) is 0 Å². The van der Waals surface area contributed by atoms with Crippen molar-refractivity contribution in [3.8, 4) is 0 Å². The molecule has 34 valence electrons. The molecule has 0 aliphatic carbocycles. The van der Waals surface area contributed by atoms with E-state index in [4.69, 9.17) is 9.59 Å². The van der Waals surface area contributed by atoms with Gasteiger partial charge in [0.25, 0.3) is 0 Å². The van der Waals surface area contributed by atoms with Gasteiger partial charge in [0.15, 0.2) is 0 Å². The van der Waals surface area contributed by atoms with Gasteiger partial charge >= 0.3 is 0 Å². The van der Waals surface area contributed by atoms with Crippen LogP contribution in [0.3, 0.4) is 0 Å². The summed E-state index contributed by atoms with van der Waals surface area (Å²) < 4.78 is 0. The summed E-state index contributed by atoms with van der Waals surface area (Å²) in [7, 11) is 0. The highest BCUT2D eigenvalue weighted by Gasteiger charge is 1.24. The first-order chi connectivity index (χ1) is 2.83. The molecular formula is C4H6O2. The standard InChI is InChI=1S/C2H4O.C2H2O/c2*1-2-3/h2H,1H3;1H2. The Morgan fingerprint density at radius 3 is 1.83 bits per heavy atom. The van der Waals surface area contributed by atoms with Crippen LogP contribution in [0.25, 0.3) is 0 Å². The van der Waals surface area contributed by atoms with Crippen molar-refractivity contribution in [2.75, 3.05) is 0 Å². The Hall–Kier alpha value is -0.880. The number of aldehydes is 1. The third-order valence-corrected chi connectivity index (χ3v) is 0. The lowest BCUT2D eigenvalue weighted by Gasteiger charge is -1.23. The van der Waals surface area contributed by atoms with Crippen molar-refractivity contribution in [1.29, 1.82) is 0 Å². The van der Waals surface area contributed by atoms with Gasteiger partial charge in [0.1, 0.15) is 12.2 Å². The highest BCUT2D eigenvalue weighted by atomic mass is 16.1. The van der Waals surface area contributed by atoms with E-state index in [0.29, 0.717) is 0 Å². The zero-order chi connectivity index (χ0) is 5.41. The second kappa shape index (κ2) is 32.0. The molecule has 0 aromatic carbocycles. The molecule has 0 aliphatic rings. The molecule has 0 bridgehead atoms. The minimum Gasteiger partial charge on any atom is -0.304 e. The van der Waals surface area contributed by atoms with Gasteiger partial charge in [0, 0.05) is 0 Å². The predicted octanol–water partition coefficient (Wildman–Crippen LogP) is 0.209. The zero-order valence-corrected chi connectivity index (χ0v) is 3.60. The Balaban J connectivity index is 0. The summed E-state index contributed by atoms with van der Waals surface area (Å²) in [4.78, 5) is 17.4. The molecule has 2 nitrogen and oxygen atoms in total. The van der Waals surface area contributed by atoms with E-state index in [0.717, 1.165) is 6.29 Å². The Labute approximate surface area is 36.5 Å². The zero-order valence-electron chi connectivity index (χ0n) is 3.60. The van der Waals surface area contributed by atoms with Crippen molar-refractivity contribution >= 4 is 12.2 Å². The van der Waals surface area contributed by atoms with Crippen LogP contribution in [0.15, 0.2) is 6.58 Å². The SMILES string of the molecule is C=C=O.CC=O. The Morgan fingerprint density at radius 1 is 1.83 bits per heavy atom. The van der Waals surface area contributed by atoms with Crippen molar-refractivity contribution in [1.82, 2.24) is 0 Å². The highest BCUT2D eigenvalue weighted by Crippen LogP contribution is 1.13. The summed E-state index contributed by atoms with van der Waals surface area (Å²) in [6, 6.07) is 0. The van der Waals surface area contributed by atoms with E-state index >= 15 is 0 Å². The van der Waals surface area contributed by atoms with Gasteiger partial charge in [-0.1, -0.05) is 0 Å². The molecule has 0 aromatic heterocycles. The van der Waals surface area contributed by atoms with Gasteiger partial charge in [-0.05, 0) is 13.5 Å². The normalized spacial score (nSPS) is 3.50. The number of rotatable bonds is 0. The first-order valence-electron chi connectivity index (χ1n) is 1.37. The van der Waals surface area contributed by atoms with E-state index in [-0.39, 0.29) is 0 Å². The molecule has 0 amide bonds. The van der Waals surface area contributed by atoms with E-state index in [1.54, 1.807) is 0 Å². The van der Waals surface area contributed by atoms with Crippen molar-refractivity contribution < 1.29 is 9.59 Å². The first kappa shape index (κ1) is 8.93. The molecule has 6 heavy (non-hydrogen) atoms. The summed E-state index contributed by atoms with van der Waals surface area (Å²) >= 11 is 0. The van der Waals surface area contributed by atoms with Gasteiger partial charge < -0.3 is 4.79 Å². The molecule has 2 heteroatoms. The highest BCUT2D eigenvalue weighted by molar-refractivity contribution is 5.44. The van der Waals surface area contributed by atoms with Crippen LogP contribution < -0.4 is 0 Å². The molecule has 0 aromatic rings. The summed E-state index contributed by atoms with van der Waals surface area (Å²) in [6.07, 6.45) is 0.750. The van der Waals surface area contributed by atoms with Gasteiger partial charge in [-0.3, -0.25) is 0 Å². The maximum atomic E-state index is 8.81. The molecule has 0 saturated carbocycles. The lowest BCUT2D eigenvalue weighted by Crippen LogP contribution is -1.36. The number of hydrogen-bond acceptors (Lipinski definition) is 2.